The standard InChI is InChI=1S/C26H38N4O3S/c1-6-28-15-17-29(18-16-28)25-14-13-23(34(32,33)30(7-2)8-3)19-24(25)27-26(31)22-11-9-21(10-12-22)20(4)5/h9-14,19-20H,6-8,15-18H2,1-5H3,(H,27,31). The van der Waals surface area contributed by atoms with Gasteiger partial charge in [-0.05, 0) is 48.4 Å². The molecule has 34 heavy (non-hydrogen) atoms. The molecule has 2 aromatic rings. The lowest BCUT2D eigenvalue weighted by molar-refractivity contribution is 0.102. The van der Waals surface area contributed by atoms with Gasteiger partial charge in [-0.15, -0.1) is 0 Å². The molecule has 1 N–H and O–H groups in total. The van der Waals surface area contributed by atoms with Gasteiger partial charge in [0.05, 0.1) is 16.3 Å². The van der Waals surface area contributed by atoms with Gasteiger partial charge in [0.1, 0.15) is 0 Å². The Kier molecular flexibility index (Phi) is 8.73. The number of hydrogen-bond donors (Lipinski definition) is 1. The first-order valence-electron chi connectivity index (χ1n) is 12.2. The van der Waals surface area contributed by atoms with Crippen molar-refractivity contribution in [3.05, 3.63) is 53.6 Å². The molecule has 0 radical (unpaired) electrons. The van der Waals surface area contributed by atoms with Crippen LogP contribution in [0.5, 0.6) is 0 Å². The Morgan fingerprint density at radius 3 is 2.12 bits per heavy atom. The number of likely N-dealkylation sites (N-methyl/N-ethyl adjacent to an activating group) is 1. The molecule has 1 saturated heterocycles. The molecule has 0 unspecified atom stereocenters. The van der Waals surface area contributed by atoms with E-state index in [9.17, 15) is 13.2 Å². The SMILES string of the molecule is CCN1CCN(c2ccc(S(=O)(=O)N(CC)CC)cc2NC(=O)c2ccc(C(C)C)cc2)CC1. The second-order valence-electron chi connectivity index (χ2n) is 8.92. The van der Waals surface area contributed by atoms with Gasteiger partial charge in [-0.2, -0.15) is 4.31 Å². The van der Waals surface area contributed by atoms with Gasteiger partial charge >= 0.3 is 0 Å². The largest absolute Gasteiger partial charge is 0.367 e. The molecule has 0 atom stereocenters. The summed E-state index contributed by atoms with van der Waals surface area (Å²) in [6.07, 6.45) is 0. The van der Waals surface area contributed by atoms with E-state index in [1.807, 2.05) is 44.2 Å². The first-order valence-corrected chi connectivity index (χ1v) is 13.7. The van der Waals surface area contributed by atoms with Crippen molar-refractivity contribution in [1.29, 1.82) is 0 Å². The second kappa shape index (κ2) is 11.3. The minimum atomic E-state index is -3.64. The Morgan fingerprint density at radius 2 is 1.59 bits per heavy atom. The van der Waals surface area contributed by atoms with Crippen LogP contribution in [0.4, 0.5) is 11.4 Å². The summed E-state index contributed by atoms with van der Waals surface area (Å²) in [5.41, 5.74) is 3.08. The third-order valence-corrected chi connectivity index (χ3v) is 8.61. The Balaban J connectivity index is 1.96. The summed E-state index contributed by atoms with van der Waals surface area (Å²) in [6.45, 7) is 15.3. The minimum Gasteiger partial charge on any atom is -0.367 e. The molecule has 2 aromatic carbocycles. The van der Waals surface area contributed by atoms with Crippen molar-refractivity contribution in [3.63, 3.8) is 0 Å². The number of benzene rings is 2. The molecule has 3 rings (SSSR count). The van der Waals surface area contributed by atoms with Crippen LogP contribution in [-0.2, 0) is 10.0 Å². The van der Waals surface area contributed by atoms with Crippen LogP contribution in [0.15, 0.2) is 47.4 Å². The summed E-state index contributed by atoms with van der Waals surface area (Å²) in [4.78, 5) is 17.9. The van der Waals surface area contributed by atoms with Gasteiger partial charge in [0.15, 0.2) is 0 Å². The van der Waals surface area contributed by atoms with Crippen LogP contribution in [0.3, 0.4) is 0 Å². The molecule has 1 heterocycles. The van der Waals surface area contributed by atoms with E-state index in [1.165, 1.54) is 9.87 Å². The maximum Gasteiger partial charge on any atom is 0.255 e. The average molecular weight is 487 g/mol. The van der Waals surface area contributed by atoms with Gasteiger partial charge in [0.25, 0.3) is 5.91 Å². The van der Waals surface area contributed by atoms with Gasteiger partial charge < -0.3 is 15.1 Å². The molecule has 1 fully saturated rings. The molecule has 0 bridgehead atoms. The quantitative estimate of drug-likeness (QED) is 0.574. The van der Waals surface area contributed by atoms with Crippen molar-refractivity contribution in [2.45, 2.75) is 45.4 Å². The van der Waals surface area contributed by atoms with Crippen molar-refractivity contribution in [3.8, 4) is 0 Å². The molecular weight excluding hydrogens is 448 g/mol. The van der Waals surface area contributed by atoms with Gasteiger partial charge in [-0.3, -0.25) is 4.79 Å². The average Bonchev–Trinajstić information content (AvgIpc) is 2.84. The zero-order valence-electron chi connectivity index (χ0n) is 21.0. The highest BCUT2D eigenvalue weighted by atomic mass is 32.2. The molecule has 1 aliphatic rings. The number of carbonyl (C=O) groups excluding carboxylic acids is 1. The highest BCUT2D eigenvalue weighted by molar-refractivity contribution is 7.89. The van der Waals surface area contributed by atoms with Crippen LogP contribution in [0.2, 0.25) is 0 Å². The Labute approximate surface area is 204 Å². The number of amides is 1. The maximum atomic E-state index is 13.2. The third-order valence-electron chi connectivity index (χ3n) is 6.56. The van der Waals surface area contributed by atoms with E-state index in [1.54, 1.807) is 12.1 Å². The van der Waals surface area contributed by atoms with E-state index in [0.29, 0.717) is 30.3 Å². The number of nitrogens with one attached hydrogen (secondary N) is 1. The molecule has 8 heteroatoms. The highest BCUT2D eigenvalue weighted by Crippen LogP contribution is 2.31. The molecule has 0 spiro atoms. The number of piperazine rings is 1. The lowest BCUT2D eigenvalue weighted by atomic mass is 10.0. The Hall–Kier alpha value is -2.42. The number of anilines is 2. The molecule has 0 aliphatic carbocycles. The number of nitrogens with zero attached hydrogens (tertiary/aromatic N) is 3. The fourth-order valence-corrected chi connectivity index (χ4v) is 5.77. The number of sulfonamides is 1. The lowest BCUT2D eigenvalue weighted by Gasteiger charge is -2.36. The lowest BCUT2D eigenvalue weighted by Crippen LogP contribution is -2.46. The fraction of sp³-hybridized carbons (Fsp3) is 0.500. The minimum absolute atomic E-state index is 0.192. The number of rotatable bonds is 9. The predicted octanol–water partition coefficient (Wildman–Crippen LogP) is 4.23. The summed E-state index contributed by atoms with van der Waals surface area (Å²) in [5, 5.41) is 3.01. The van der Waals surface area contributed by atoms with Crippen LogP contribution in [-0.4, -0.2) is 69.3 Å². The molecule has 186 valence electrons. The highest BCUT2D eigenvalue weighted by Gasteiger charge is 2.25. The molecule has 7 nitrogen and oxygen atoms in total. The van der Waals surface area contributed by atoms with Crippen LogP contribution >= 0.6 is 0 Å². The zero-order valence-corrected chi connectivity index (χ0v) is 21.9. The van der Waals surface area contributed by atoms with Crippen LogP contribution in [0, 0.1) is 0 Å². The second-order valence-corrected chi connectivity index (χ2v) is 10.9. The Morgan fingerprint density at radius 1 is 0.971 bits per heavy atom. The van der Waals surface area contributed by atoms with Crippen LogP contribution < -0.4 is 10.2 Å². The maximum absolute atomic E-state index is 13.2. The van der Waals surface area contributed by atoms with Gasteiger partial charge in [-0.25, -0.2) is 8.42 Å². The smallest absolute Gasteiger partial charge is 0.255 e. The first kappa shape index (κ1) is 26.2. The third kappa shape index (κ3) is 5.79. The molecule has 0 aromatic heterocycles. The van der Waals surface area contributed by atoms with E-state index in [2.05, 4.69) is 35.9 Å². The normalized spacial score (nSPS) is 15.2. The predicted molar refractivity (Wildman–Crippen MR) is 139 cm³/mol. The summed E-state index contributed by atoms with van der Waals surface area (Å²) in [5.74, 6) is 0.133. The van der Waals surface area contributed by atoms with E-state index in [-0.39, 0.29) is 10.8 Å². The van der Waals surface area contributed by atoms with Gasteiger partial charge in [0, 0.05) is 44.8 Å². The van der Waals surface area contributed by atoms with Gasteiger partial charge in [-0.1, -0.05) is 46.8 Å². The number of hydrogen-bond acceptors (Lipinski definition) is 5. The first-order chi connectivity index (χ1) is 16.2. The number of carbonyl (C=O) groups is 1. The fourth-order valence-electron chi connectivity index (χ4n) is 4.28. The van der Waals surface area contributed by atoms with Crippen molar-refractivity contribution in [2.75, 3.05) is 56.0 Å². The van der Waals surface area contributed by atoms with Crippen LogP contribution in [0.1, 0.15) is 56.5 Å². The van der Waals surface area contributed by atoms with E-state index in [4.69, 9.17) is 0 Å². The van der Waals surface area contributed by atoms with Crippen molar-refractivity contribution in [1.82, 2.24) is 9.21 Å². The van der Waals surface area contributed by atoms with Gasteiger partial charge in [0.2, 0.25) is 10.0 Å². The molecule has 1 amide bonds. The van der Waals surface area contributed by atoms with Crippen molar-refractivity contribution in [2.24, 2.45) is 0 Å². The summed E-state index contributed by atoms with van der Waals surface area (Å²) < 4.78 is 27.8. The van der Waals surface area contributed by atoms with E-state index < -0.39 is 10.0 Å². The summed E-state index contributed by atoms with van der Waals surface area (Å²) >= 11 is 0. The topological polar surface area (TPSA) is 73.0 Å². The summed E-state index contributed by atoms with van der Waals surface area (Å²) in [6, 6.07) is 12.7. The van der Waals surface area contributed by atoms with Crippen molar-refractivity contribution < 1.29 is 13.2 Å². The molecule has 0 saturated carbocycles. The van der Waals surface area contributed by atoms with Crippen LogP contribution in [0.25, 0.3) is 0 Å². The van der Waals surface area contributed by atoms with E-state index in [0.717, 1.165) is 38.4 Å². The summed E-state index contributed by atoms with van der Waals surface area (Å²) in [7, 11) is -3.64. The van der Waals surface area contributed by atoms with Crippen molar-refractivity contribution >= 4 is 27.3 Å². The zero-order chi connectivity index (χ0) is 24.9. The Bertz CT molecular complexity index is 1070. The molecular formula is C26H38N4O3S. The van der Waals surface area contributed by atoms with E-state index >= 15 is 0 Å². The molecule has 1 aliphatic heterocycles. The monoisotopic (exact) mass is 486 g/mol.